The van der Waals surface area contributed by atoms with Crippen LogP contribution in [0.15, 0.2) is 0 Å². The van der Waals surface area contributed by atoms with Crippen LogP contribution in [0.5, 0.6) is 0 Å². The molecule has 0 amide bonds. The van der Waals surface area contributed by atoms with Crippen LogP contribution in [0.25, 0.3) is 0 Å². The molecule has 0 fully saturated rings. The van der Waals surface area contributed by atoms with Gasteiger partial charge in [-0.1, -0.05) is 0 Å². The van der Waals surface area contributed by atoms with E-state index in [-0.39, 0.29) is 0 Å². The predicted octanol–water partition coefficient (Wildman–Crippen LogP) is 4.05. The molecule has 0 saturated carbocycles. The average Bonchev–Trinajstić information content (AvgIpc) is 0.650. The minimum atomic E-state index is -1.64. The molecule has 0 aliphatic heterocycles. The van der Waals surface area contributed by atoms with Crippen molar-refractivity contribution in [2.75, 3.05) is 0 Å². The standard InChI is InChI=1S/AsI5/c2-1(3,4,5)6. The zero-order valence-corrected chi connectivity index (χ0v) is 15.0. The molecule has 0 bridgehead atoms. The van der Waals surface area contributed by atoms with Crippen LogP contribution in [0.1, 0.15) is 0 Å². The van der Waals surface area contributed by atoms with Crippen molar-refractivity contribution in [3.63, 3.8) is 0 Å². The van der Waals surface area contributed by atoms with E-state index in [9.17, 15) is 0 Å². The third kappa shape index (κ3) is 24.1. The number of hydrogen-bond acceptors (Lipinski definition) is 0. The van der Waals surface area contributed by atoms with Crippen molar-refractivity contribution in [2.24, 2.45) is 0 Å². The Labute approximate surface area is 93.0 Å². The first kappa shape index (κ1) is 10.2. The van der Waals surface area contributed by atoms with E-state index in [1.165, 1.54) is 0 Å². The number of halogens is 5. The summed E-state index contributed by atoms with van der Waals surface area (Å²) in [7, 11) is 0. The summed E-state index contributed by atoms with van der Waals surface area (Å²) in [4.78, 5) is 0. The van der Waals surface area contributed by atoms with Crippen molar-refractivity contribution in [1.82, 2.24) is 0 Å². The van der Waals surface area contributed by atoms with E-state index in [1.807, 2.05) is 0 Å². The van der Waals surface area contributed by atoms with E-state index in [0.717, 1.165) is 0 Å². The first-order valence-corrected chi connectivity index (χ1v) is 29.5. The van der Waals surface area contributed by atoms with Gasteiger partial charge in [-0.15, -0.1) is 0 Å². The van der Waals surface area contributed by atoms with Gasteiger partial charge >= 0.3 is 96.3 Å². The monoisotopic (exact) mass is 709 g/mol. The SMILES string of the molecule is I[As](I)(I)(I)I. The van der Waals surface area contributed by atoms with Crippen molar-refractivity contribution < 1.29 is 0 Å². The van der Waals surface area contributed by atoms with Crippen LogP contribution in [0.3, 0.4) is 0 Å². The van der Waals surface area contributed by atoms with Crippen LogP contribution in [-0.4, -0.2) is -4.29 Å². The molecule has 0 aromatic carbocycles. The zero-order chi connectivity index (χ0) is 5.45. The van der Waals surface area contributed by atoms with Gasteiger partial charge in [0.1, 0.15) is 0 Å². The van der Waals surface area contributed by atoms with Crippen molar-refractivity contribution in [3.8, 4) is 0 Å². The summed E-state index contributed by atoms with van der Waals surface area (Å²) in [5.74, 6) is 0. The Morgan fingerprint density at radius 2 is 0.667 bits per heavy atom. The fourth-order valence-corrected chi connectivity index (χ4v) is 0. The number of hydrogen-bond donors (Lipinski definition) is 0. The maximum atomic E-state index is 2.54. The molecule has 6 heteroatoms. The van der Waals surface area contributed by atoms with Crippen LogP contribution in [-0.2, 0) is 0 Å². The van der Waals surface area contributed by atoms with E-state index < -0.39 is -4.29 Å². The molecule has 0 aliphatic rings. The molecule has 0 atom stereocenters. The van der Waals surface area contributed by atoms with E-state index >= 15 is 0 Å². The summed E-state index contributed by atoms with van der Waals surface area (Å²) in [5, 5.41) is 0. The summed E-state index contributed by atoms with van der Waals surface area (Å²) in [5.41, 5.74) is 0. The minimum absolute atomic E-state index is 1.64. The fourth-order valence-electron chi connectivity index (χ4n) is 0. The molecule has 6 heavy (non-hydrogen) atoms. The Bertz CT molecular complexity index is 37.1. The third-order valence-corrected chi connectivity index (χ3v) is 0. The van der Waals surface area contributed by atoms with Gasteiger partial charge in [0.05, 0.1) is 0 Å². The van der Waals surface area contributed by atoms with Gasteiger partial charge in [0.15, 0.2) is 0 Å². The van der Waals surface area contributed by atoms with E-state index in [1.54, 1.807) is 0 Å². The first-order valence-electron chi connectivity index (χ1n) is 0.845. The normalized spacial score (nSPS) is 19.2. The Balaban J connectivity index is 3.73. The molecule has 0 spiro atoms. The first-order chi connectivity index (χ1) is 2.24. The third-order valence-electron chi connectivity index (χ3n) is 0. The molecule has 0 aromatic heterocycles. The molecule has 0 rings (SSSR count). The van der Waals surface area contributed by atoms with Crippen LogP contribution >= 0.6 is 101 Å². The molecule has 0 aliphatic carbocycles. The summed E-state index contributed by atoms with van der Waals surface area (Å²) in [6.45, 7) is 0. The summed E-state index contributed by atoms with van der Waals surface area (Å²) in [6.07, 6.45) is 0. The summed E-state index contributed by atoms with van der Waals surface area (Å²) in [6, 6.07) is 0. The van der Waals surface area contributed by atoms with Gasteiger partial charge in [-0.25, -0.2) is 0 Å². The molecule has 0 unspecified atom stereocenters. The second-order valence-electron chi connectivity index (χ2n) is 0.639. The topological polar surface area (TPSA) is 0 Å². The van der Waals surface area contributed by atoms with Gasteiger partial charge < -0.3 is 0 Å². The van der Waals surface area contributed by atoms with Crippen molar-refractivity contribution >= 4 is 96.3 Å². The predicted molar refractivity (Wildman–Crippen MR) is 75.9 cm³/mol. The Morgan fingerprint density at radius 1 is 0.667 bits per heavy atom. The molecule has 0 saturated heterocycles. The molecule has 0 N–H and O–H groups in total. The molecule has 0 radical (unpaired) electrons. The van der Waals surface area contributed by atoms with Gasteiger partial charge in [-0.3, -0.25) is 0 Å². The van der Waals surface area contributed by atoms with Gasteiger partial charge in [0.2, 0.25) is 0 Å². The van der Waals surface area contributed by atoms with Crippen LogP contribution in [0.4, 0.5) is 0 Å². The second-order valence-corrected chi connectivity index (χ2v) is 149. The van der Waals surface area contributed by atoms with E-state index in [4.69, 9.17) is 0 Å². The summed E-state index contributed by atoms with van der Waals surface area (Å²) >= 11 is 12.7. The molecule has 0 aromatic rings. The van der Waals surface area contributed by atoms with E-state index in [0.29, 0.717) is 0 Å². The Kier molecular flexibility index (Phi) is 5.23. The van der Waals surface area contributed by atoms with E-state index in [2.05, 4.69) is 101 Å². The molecule has 40 valence electrons. The second kappa shape index (κ2) is 3.07. The van der Waals surface area contributed by atoms with Crippen molar-refractivity contribution in [3.05, 3.63) is 0 Å². The quantitative estimate of drug-likeness (QED) is 0.264. The molecular weight excluding hydrogens is 709 g/mol. The van der Waals surface area contributed by atoms with Crippen LogP contribution in [0.2, 0.25) is 0 Å². The van der Waals surface area contributed by atoms with Crippen molar-refractivity contribution in [1.29, 1.82) is 0 Å². The molecule has 0 heterocycles. The number of rotatable bonds is 0. The van der Waals surface area contributed by atoms with Gasteiger partial charge in [-0.05, 0) is 0 Å². The Morgan fingerprint density at radius 3 is 0.667 bits per heavy atom. The summed E-state index contributed by atoms with van der Waals surface area (Å²) < 4.78 is -1.64. The van der Waals surface area contributed by atoms with Gasteiger partial charge in [-0.2, -0.15) is 0 Å². The van der Waals surface area contributed by atoms with Gasteiger partial charge in [0.25, 0.3) is 0 Å². The zero-order valence-electron chi connectivity index (χ0n) is 2.34. The molecule has 0 nitrogen and oxygen atoms in total. The van der Waals surface area contributed by atoms with Gasteiger partial charge in [0, 0.05) is 0 Å². The van der Waals surface area contributed by atoms with Crippen molar-refractivity contribution in [2.45, 2.75) is 0 Å². The van der Waals surface area contributed by atoms with Crippen LogP contribution < -0.4 is 0 Å². The molecular formula is AsI5. The fraction of sp³-hybridized carbons (Fsp3) is 0. The average molecular weight is 709 g/mol. The maximum absolute atomic E-state index is 2.54. The van der Waals surface area contributed by atoms with Crippen LogP contribution in [0, 0.1) is 0 Å². The Hall–Kier alpha value is 4.21.